The highest BCUT2D eigenvalue weighted by molar-refractivity contribution is 6.04. The summed E-state index contributed by atoms with van der Waals surface area (Å²) in [6, 6.07) is 27.7. The van der Waals surface area contributed by atoms with Gasteiger partial charge in [0.15, 0.2) is 28.1 Å². The van der Waals surface area contributed by atoms with E-state index in [0.29, 0.717) is 79.1 Å². The van der Waals surface area contributed by atoms with E-state index in [2.05, 4.69) is 31.0 Å². The molecule has 0 aliphatic carbocycles. The van der Waals surface area contributed by atoms with Gasteiger partial charge in [0.2, 0.25) is 28.5 Å². The van der Waals surface area contributed by atoms with Crippen LogP contribution >= 0.6 is 0 Å². The van der Waals surface area contributed by atoms with Crippen LogP contribution in [0.25, 0.3) is 5.69 Å². The van der Waals surface area contributed by atoms with Gasteiger partial charge in [0.25, 0.3) is 11.8 Å². The lowest BCUT2D eigenvalue weighted by Crippen LogP contribution is -2.47. The average molecular weight is 864 g/mol. The average Bonchev–Trinajstić information content (AvgIpc) is 3.79. The van der Waals surface area contributed by atoms with E-state index in [-0.39, 0.29) is 47.3 Å². The quantitative estimate of drug-likeness (QED) is 0.0445. The number of terminal acetylenes is 1. The van der Waals surface area contributed by atoms with Crippen LogP contribution in [0.5, 0.6) is 0 Å². The summed E-state index contributed by atoms with van der Waals surface area (Å²) in [6.45, 7) is 4.04. The first-order valence-corrected chi connectivity index (χ1v) is 19.9. The number of rotatable bonds is 13. The fraction of sp³-hybridized carbons (Fsp3) is 0.217. The first-order valence-electron chi connectivity index (χ1n) is 19.9. The molecule has 2 fully saturated rings. The van der Waals surface area contributed by atoms with Gasteiger partial charge in [-0.1, -0.05) is 29.5 Å². The molecule has 18 nitrogen and oxygen atoms in total. The molecule has 324 valence electrons. The normalized spacial score (nSPS) is 12.3. The number of aromatic nitrogens is 3. The Morgan fingerprint density at radius 1 is 0.703 bits per heavy atom. The molecule has 5 aromatic rings. The maximum Gasteiger partial charge on any atom is 0.300 e. The molecule has 0 spiro atoms. The van der Waals surface area contributed by atoms with Crippen LogP contribution in [0.2, 0.25) is 0 Å². The zero-order valence-corrected chi connectivity index (χ0v) is 34.9. The van der Waals surface area contributed by atoms with Crippen molar-refractivity contribution in [2.45, 2.75) is 52.4 Å². The molecule has 4 aromatic carbocycles. The number of hydrogen-bond acceptors (Lipinski definition) is 12. The van der Waals surface area contributed by atoms with Crippen LogP contribution in [-0.2, 0) is 36.8 Å². The van der Waals surface area contributed by atoms with E-state index in [9.17, 15) is 38.4 Å². The number of nitrogens with one attached hydrogen (secondary N) is 3. The third kappa shape index (κ3) is 13.2. The van der Waals surface area contributed by atoms with Crippen LogP contribution in [-0.4, -0.2) is 84.9 Å². The van der Waals surface area contributed by atoms with E-state index in [1.165, 1.54) is 34.5 Å². The molecule has 2 saturated heterocycles. The number of benzene rings is 4. The molecule has 0 saturated carbocycles. The predicted octanol–water partition coefficient (Wildman–Crippen LogP) is 5.43. The molecule has 6 amide bonds. The van der Waals surface area contributed by atoms with Crippen LogP contribution in [0.4, 0.5) is 17.1 Å². The van der Waals surface area contributed by atoms with Gasteiger partial charge in [-0.25, -0.2) is 4.68 Å². The molecule has 0 bridgehead atoms. The van der Waals surface area contributed by atoms with Gasteiger partial charge in [-0.05, 0) is 117 Å². The highest BCUT2D eigenvalue weighted by Gasteiger charge is 2.30. The molecule has 7 rings (SSSR count). The number of β-lactam (4-membered cyclic amide) rings is 2. The van der Waals surface area contributed by atoms with Gasteiger partial charge in [0.05, 0.1) is 11.9 Å². The van der Waals surface area contributed by atoms with Crippen LogP contribution in [0.1, 0.15) is 81.9 Å². The van der Waals surface area contributed by atoms with Gasteiger partial charge in [-0.15, -0.1) is 11.5 Å². The largest absolute Gasteiger partial charge is 0.321 e. The van der Waals surface area contributed by atoms with Gasteiger partial charge in [-0.3, -0.25) is 48.2 Å². The second kappa shape index (κ2) is 22.3. The molecular weight excluding hydrogens is 821 g/mol. The van der Waals surface area contributed by atoms with Crippen molar-refractivity contribution < 1.29 is 38.4 Å². The van der Waals surface area contributed by atoms with Crippen molar-refractivity contribution >= 4 is 64.1 Å². The lowest BCUT2D eigenvalue weighted by atomic mass is 10.1. The van der Waals surface area contributed by atoms with Crippen molar-refractivity contribution in [2.75, 3.05) is 23.7 Å². The maximum absolute atomic E-state index is 12.5. The molecule has 0 atom stereocenters. The number of carbonyl (C=O) groups excluding carboxylic acids is 8. The van der Waals surface area contributed by atoms with Gasteiger partial charge in [-0.2, -0.15) is 0 Å². The topological polar surface area (TPSA) is 248 Å². The Hall–Kier alpha value is -8.55. The van der Waals surface area contributed by atoms with Crippen LogP contribution in [0, 0.1) is 17.9 Å². The summed E-state index contributed by atoms with van der Waals surface area (Å²) in [5, 5.41) is 16.7. The molecule has 0 radical (unpaired) electrons. The number of amides is 6. The highest BCUT2D eigenvalue weighted by atomic mass is 16.2. The van der Waals surface area contributed by atoms with Crippen molar-refractivity contribution in [3.63, 3.8) is 0 Å². The Morgan fingerprint density at radius 3 is 1.58 bits per heavy atom. The fourth-order valence-corrected chi connectivity index (χ4v) is 5.97. The summed E-state index contributed by atoms with van der Waals surface area (Å²) in [7, 11) is 0. The molecule has 2 aliphatic rings. The van der Waals surface area contributed by atoms with E-state index >= 15 is 0 Å². The second-order valence-electron chi connectivity index (χ2n) is 14.3. The highest BCUT2D eigenvalue weighted by Crippen LogP contribution is 2.18. The molecule has 3 N–H and O–H groups in total. The van der Waals surface area contributed by atoms with Crippen molar-refractivity contribution in [3.05, 3.63) is 131 Å². The number of imide groups is 2. The van der Waals surface area contributed by atoms with Crippen molar-refractivity contribution in [1.82, 2.24) is 29.7 Å². The Labute approximate surface area is 367 Å². The number of nitrogens with zero attached hydrogens (tertiary/aromatic N) is 7. The minimum absolute atomic E-state index is 0.0179. The molecule has 2 aliphatic heterocycles. The van der Waals surface area contributed by atoms with Gasteiger partial charge < -0.3 is 10.6 Å². The minimum Gasteiger partial charge on any atom is -0.321 e. The van der Waals surface area contributed by atoms with E-state index in [4.69, 9.17) is 12.0 Å². The van der Waals surface area contributed by atoms with Crippen molar-refractivity contribution in [3.8, 4) is 18.0 Å². The predicted molar refractivity (Wildman–Crippen MR) is 232 cm³/mol. The first-order chi connectivity index (χ1) is 30.7. The third-order valence-electron chi connectivity index (χ3n) is 9.82. The number of carbonyl (C=O) groups is 8. The summed E-state index contributed by atoms with van der Waals surface area (Å²) < 4.78 is 1.46. The monoisotopic (exact) mass is 863 g/mol. The molecule has 64 heavy (non-hydrogen) atoms. The van der Waals surface area contributed by atoms with E-state index in [1.807, 2.05) is 30.2 Å². The van der Waals surface area contributed by atoms with E-state index in [1.54, 1.807) is 72.8 Å². The Balaban J connectivity index is 0.000000204. The van der Waals surface area contributed by atoms with Crippen LogP contribution in [0.15, 0.2) is 108 Å². The summed E-state index contributed by atoms with van der Waals surface area (Å²) in [5.41, 5.74) is 12.2. The third-order valence-corrected chi connectivity index (χ3v) is 9.82. The number of aryl methyl sites for hydroxylation is 2. The summed E-state index contributed by atoms with van der Waals surface area (Å²) in [5.74, 6) is 0.556. The number of likely N-dealkylation sites (tertiary alicyclic amines) is 2. The van der Waals surface area contributed by atoms with Gasteiger partial charge in [0.1, 0.15) is 5.53 Å². The lowest BCUT2D eigenvalue weighted by Gasteiger charge is -2.28. The van der Waals surface area contributed by atoms with Crippen molar-refractivity contribution in [2.24, 2.45) is 5.11 Å². The first kappa shape index (κ1) is 46.5. The lowest BCUT2D eigenvalue weighted by molar-refractivity contribution is -0.153. The smallest absolute Gasteiger partial charge is 0.300 e. The minimum atomic E-state index is -0.496. The molecule has 3 heterocycles. The second-order valence-corrected chi connectivity index (χ2v) is 14.3. The SMILES string of the molecule is C#CC(=O)Nc1ccc(CCC(=O)N2CCC2=O)cc1.CC(=O)c1ccc(-n2cc(C(=O)Nc3ccc(CCC(=O)N4CCC4=O)cc3)nn2)cc1.CC(=O)c1ccc(N=[N+]=N)cc1. The van der Waals surface area contributed by atoms with E-state index < -0.39 is 11.8 Å². The molecule has 0 unspecified atom stereocenters. The van der Waals surface area contributed by atoms with E-state index in [0.717, 1.165) is 11.1 Å². The number of ketones is 2. The Bertz CT molecular complexity index is 2620. The molecule has 18 heteroatoms. The number of anilines is 2. The fourth-order valence-electron chi connectivity index (χ4n) is 5.97. The summed E-state index contributed by atoms with van der Waals surface area (Å²) in [4.78, 5) is 97.2. The van der Waals surface area contributed by atoms with Gasteiger partial charge in [0, 0.05) is 61.3 Å². The molecule has 1 aromatic heterocycles. The standard InChI is InChI=1S/C23H21N5O4.C15H14N2O3.C8H8N3O/c1-15(29)17-5-9-19(10-6-17)28-14-20(25-26-28)23(32)24-18-7-2-16(3-8-18)4-11-21(30)27-13-12-22(27)31;1-2-13(18)16-12-6-3-11(4-7-12)5-8-14(19)17-10-9-15(17)20;1-6(12)7-2-4-8(5-3-7)10-11-9/h2-3,5-10,14H,4,11-13H2,1H3,(H,24,32);1,3-4,6-7H,5,8-10H2,(H,16,18);2-5,9H,1H3/q;;+1. The summed E-state index contributed by atoms with van der Waals surface area (Å²) in [6.07, 6.45) is 9.04. The van der Waals surface area contributed by atoms with Crippen LogP contribution in [0.3, 0.4) is 0 Å². The van der Waals surface area contributed by atoms with Crippen LogP contribution < -0.4 is 15.5 Å². The maximum atomic E-state index is 12.5. The Morgan fingerprint density at radius 2 is 1.17 bits per heavy atom. The van der Waals surface area contributed by atoms with Gasteiger partial charge >= 0.3 is 0 Å². The summed E-state index contributed by atoms with van der Waals surface area (Å²) >= 11 is 0. The van der Waals surface area contributed by atoms with Crippen molar-refractivity contribution in [1.29, 1.82) is 5.53 Å². The number of Topliss-reactive ketones (excluding diaryl/α,β-unsaturated/α-hetero) is 2. The zero-order valence-electron chi connectivity index (χ0n) is 34.9. The molecular formula is C46H43N10O8+. The zero-order chi connectivity index (χ0) is 46.2. The number of hydrogen-bond donors (Lipinski definition) is 3. The Kier molecular flexibility index (Phi) is 16.2.